The zero-order valence-corrected chi connectivity index (χ0v) is 8.72. The Morgan fingerprint density at radius 1 is 1.40 bits per heavy atom. The van der Waals surface area contributed by atoms with E-state index in [4.69, 9.17) is 0 Å². The molecule has 0 aromatic heterocycles. The maximum atomic E-state index is 10.6. The van der Waals surface area contributed by atoms with Crippen LogP contribution in [0.4, 0.5) is 5.69 Å². The van der Waals surface area contributed by atoms with Crippen molar-refractivity contribution in [2.75, 3.05) is 0 Å². The summed E-state index contributed by atoms with van der Waals surface area (Å²) in [7, 11) is -3.02. The second-order valence-electron chi connectivity index (χ2n) is 2.79. The number of nitro benzene ring substituents is 1. The fourth-order valence-electron chi connectivity index (χ4n) is 1.18. The highest BCUT2D eigenvalue weighted by Gasteiger charge is 2.19. The van der Waals surface area contributed by atoms with Gasteiger partial charge in [-0.1, -0.05) is 12.1 Å². The van der Waals surface area contributed by atoms with Crippen molar-refractivity contribution >= 4 is 13.6 Å². The van der Waals surface area contributed by atoms with E-state index in [1.807, 2.05) is 0 Å². The van der Waals surface area contributed by atoms with E-state index in [0.717, 1.165) is 0 Å². The molecule has 0 amide bonds. The number of rotatable bonds is 4. The maximum absolute atomic E-state index is 10.6. The molecule has 1 rings (SSSR count). The fraction of sp³-hybridized carbons (Fsp3) is 0.250. The minimum absolute atomic E-state index is 0.151. The molecule has 0 aliphatic carbocycles. The molecule has 0 radical (unpaired) electrons. The summed E-state index contributed by atoms with van der Waals surface area (Å²) in [5, 5.41) is 10.6. The van der Waals surface area contributed by atoms with Gasteiger partial charge in [0.25, 0.3) is 5.69 Å². The van der Waals surface area contributed by atoms with Gasteiger partial charge in [0.2, 0.25) is 0 Å². The van der Waals surface area contributed by atoms with Gasteiger partial charge in [-0.25, -0.2) is 9.13 Å². The lowest BCUT2D eigenvalue weighted by atomic mass is 10.1. The van der Waals surface area contributed by atoms with Crippen molar-refractivity contribution < 1.29 is 18.6 Å². The predicted octanol–water partition coefficient (Wildman–Crippen LogP) is 2.76. The molecule has 15 heavy (non-hydrogen) atoms. The molecule has 0 fully saturated rings. The number of benzene rings is 1. The van der Waals surface area contributed by atoms with Gasteiger partial charge in [-0.3, -0.25) is 14.6 Å². The minimum atomic E-state index is -3.02. The molecular weight excluding hydrogens is 221 g/mol. The van der Waals surface area contributed by atoms with E-state index in [2.05, 4.69) is 4.52 Å². The summed E-state index contributed by atoms with van der Waals surface area (Å²) in [5.41, 5.74) is 0.0866. The van der Waals surface area contributed by atoms with E-state index < -0.39 is 18.9 Å². The lowest BCUT2D eigenvalue weighted by Gasteiger charge is -2.07. The highest BCUT2D eigenvalue weighted by atomic mass is 31.1. The molecule has 0 bridgehead atoms. The summed E-state index contributed by atoms with van der Waals surface area (Å²) >= 11 is 0. The Balaban J connectivity index is 3.07. The average Bonchev–Trinajstić information content (AvgIpc) is 2.16. The molecule has 7 heteroatoms. The predicted molar refractivity (Wildman–Crippen MR) is 50.9 cm³/mol. The van der Waals surface area contributed by atoms with Crippen LogP contribution in [-0.2, 0) is 13.7 Å². The first-order valence-electron chi connectivity index (χ1n) is 4.07. The molecule has 0 aliphatic rings. The molecule has 0 saturated heterocycles. The third-order valence-corrected chi connectivity index (χ3v) is 2.30. The second-order valence-corrected chi connectivity index (χ2v) is 3.45. The SMILES string of the molecule is CC(OP(=O)=O)c1ccccc1[N+](=O)[O-]. The molecule has 6 nitrogen and oxygen atoms in total. The zero-order valence-electron chi connectivity index (χ0n) is 7.82. The van der Waals surface area contributed by atoms with E-state index in [1.54, 1.807) is 6.07 Å². The average molecular weight is 229 g/mol. The van der Waals surface area contributed by atoms with Crippen LogP contribution in [0, 0.1) is 10.1 Å². The Labute approximate surface area is 85.9 Å². The minimum Gasteiger partial charge on any atom is -0.263 e. The standard InChI is InChI=1S/C8H8NO5P/c1-6(14-15(12)13)7-4-2-3-5-8(7)9(10)11/h2-6H,1H3. The summed E-state index contributed by atoms with van der Waals surface area (Å²) in [4.78, 5) is 10.0. The second kappa shape index (κ2) is 4.82. The normalized spacial score (nSPS) is 12.1. The maximum Gasteiger partial charge on any atom is 0.468 e. The monoisotopic (exact) mass is 229 g/mol. The van der Waals surface area contributed by atoms with Crippen molar-refractivity contribution in [3.63, 3.8) is 0 Å². The summed E-state index contributed by atoms with van der Waals surface area (Å²) in [6.45, 7) is 1.44. The summed E-state index contributed by atoms with van der Waals surface area (Å²) < 4.78 is 25.1. The highest BCUT2D eigenvalue weighted by Crippen LogP contribution is 2.30. The number of nitro groups is 1. The largest absolute Gasteiger partial charge is 0.468 e. The Morgan fingerprint density at radius 2 is 2.00 bits per heavy atom. The van der Waals surface area contributed by atoms with Crippen molar-refractivity contribution in [2.24, 2.45) is 0 Å². The van der Waals surface area contributed by atoms with Crippen molar-refractivity contribution in [1.82, 2.24) is 0 Å². The third kappa shape index (κ3) is 2.97. The van der Waals surface area contributed by atoms with Crippen molar-refractivity contribution in [3.05, 3.63) is 39.9 Å². The first-order chi connectivity index (χ1) is 7.02. The van der Waals surface area contributed by atoms with Crippen LogP contribution in [0.15, 0.2) is 24.3 Å². The van der Waals surface area contributed by atoms with Gasteiger partial charge in [0, 0.05) is 6.07 Å². The number of hydrogen-bond acceptors (Lipinski definition) is 5. The van der Waals surface area contributed by atoms with Gasteiger partial charge in [-0.15, -0.1) is 0 Å². The van der Waals surface area contributed by atoms with Crippen LogP contribution in [0.3, 0.4) is 0 Å². The Bertz CT molecular complexity index is 434. The van der Waals surface area contributed by atoms with Gasteiger partial charge >= 0.3 is 7.91 Å². The van der Waals surface area contributed by atoms with Crippen molar-refractivity contribution in [2.45, 2.75) is 13.0 Å². The summed E-state index contributed by atoms with van der Waals surface area (Å²) in [5.74, 6) is 0. The third-order valence-electron chi connectivity index (χ3n) is 1.82. The molecular formula is C8H8NO5P. The van der Waals surface area contributed by atoms with Gasteiger partial charge in [0.05, 0.1) is 10.5 Å². The van der Waals surface area contributed by atoms with Gasteiger partial charge in [-0.2, -0.15) is 0 Å². The van der Waals surface area contributed by atoms with Gasteiger partial charge in [0.15, 0.2) is 0 Å². The molecule has 1 unspecified atom stereocenters. The van der Waals surface area contributed by atoms with Crippen LogP contribution in [-0.4, -0.2) is 4.92 Å². The topological polar surface area (TPSA) is 86.5 Å². The van der Waals surface area contributed by atoms with Crippen LogP contribution in [0.2, 0.25) is 0 Å². The Kier molecular flexibility index (Phi) is 3.71. The smallest absolute Gasteiger partial charge is 0.263 e. The quantitative estimate of drug-likeness (QED) is 0.450. The fourth-order valence-corrected chi connectivity index (χ4v) is 1.56. The molecule has 0 heterocycles. The first-order valence-corrected chi connectivity index (χ1v) is 5.16. The van der Waals surface area contributed by atoms with E-state index in [9.17, 15) is 19.2 Å². The molecule has 80 valence electrons. The van der Waals surface area contributed by atoms with Crippen LogP contribution in [0.5, 0.6) is 0 Å². The lowest BCUT2D eigenvalue weighted by molar-refractivity contribution is -0.386. The zero-order chi connectivity index (χ0) is 11.4. The highest BCUT2D eigenvalue weighted by molar-refractivity contribution is 7.24. The molecule has 0 N–H and O–H groups in total. The van der Waals surface area contributed by atoms with Gasteiger partial charge in [0.1, 0.15) is 6.10 Å². The van der Waals surface area contributed by atoms with Crippen LogP contribution < -0.4 is 0 Å². The number of para-hydroxylation sites is 1. The lowest BCUT2D eigenvalue weighted by Crippen LogP contribution is -1.99. The molecule has 0 aliphatic heterocycles. The summed E-state index contributed by atoms with van der Waals surface area (Å²) in [6, 6.07) is 5.85. The number of hydrogen-bond donors (Lipinski definition) is 0. The number of nitrogens with zero attached hydrogens (tertiary/aromatic N) is 1. The van der Waals surface area contributed by atoms with Crippen LogP contribution in [0.25, 0.3) is 0 Å². The van der Waals surface area contributed by atoms with Gasteiger partial charge < -0.3 is 0 Å². The van der Waals surface area contributed by atoms with Crippen molar-refractivity contribution in [3.8, 4) is 0 Å². The van der Waals surface area contributed by atoms with Crippen LogP contribution >= 0.6 is 7.91 Å². The molecule has 1 aromatic rings. The van der Waals surface area contributed by atoms with E-state index >= 15 is 0 Å². The summed E-state index contributed by atoms with van der Waals surface area (Å²) in [6.07, 6.45) is -0.854. The first kappa shape index (κ1) is 11.6. The van der Waals surface area contributed by atoms with E-state index in [-0.39, 0.29) is 11.3 Å². The molecule has 1 aromatic carbocycles. The molecule has 0 saturated carbocycles. The Morgan fingerprint density at radius 3 is 2.53 bits per heavy atom. The van der Waals surface area contributed by atoms with E-state index in [0.29, 0.717) is 0 Å². The van der Waals surface area contributed by atoms with Gasteiger partial charge in [-0.05, 0) is 13.0 Å². The Hall–Kier alpha value is -1.52. The van der Waals surface area contributed by atoms with E-state index in [1.165, 1.54) is 25.1 Å². The van der Waals surface area contributed by atoms with Crippen LogP contribution in [0.1, 0.15) is 18.6 Å². The van der Waals surface area contributed by atoms with Crippen molar-refractivity contribution in [1.29, 1.82) is 0 Å². The molecule has 0 spiro atoms. The molecule has 1 atom stereocenters.